The highest BCUT2D eigenvalue weighted by atomic mass is 32.1. The number of thiophene rings is 1. The van der Waals surface area contributed by atoms with Crippen molar-refractivity contribution in [3.05, 3.63) is 97.1 Å². The van der Waals surface area contributed by atoms with E-state index in [1.54, 1.807) is 0 Å². The molecule has 0 aliphatic carbocycles. The number of hydrogen-bond donors (Lipinski definition) is 0. The van der Waals surface area contributed by atoms with Gasteiger partial charge in [-0.25, -0.2) is 0 Å². The zero-order valence-corrected chi connectivity index (χ0v) is 16.5. The molecule has 0 bridgehead atoms. The summed E-state index contributed by atoms with van der Waals surface area (Å²) in [7, 11) is 0. The van der Waals surface area contributed by atoms with Crippen molar-refractivity contribution in [3.8, 4) is 0 Å². The first-order valence-corrected chi connectivity index (χ1v) is 10.8. The average molecular weight is 385 g/mol. The van der Waals surface area contributed by atoms with Crippen LogP contribution in [0.1, 0.15) is 0 Å². The second-order valence-corrected chi connectivity index (χ2v) is 8.77. The lowest BCUT2D eigenvalue weighted by Gasteiger charge is -2.05. The Morgan fingerprint density at radius 1 is 0.310 bits per heavy atom. The summed E-state index contributed by atoms with van der Waals surface area (Å²) in [5.74, 6) is 0. The Kier molecular flexibility index (Phi) is 2.97. The van der Waals surface area contributed by atoms with Gasteiger partial charge in [-0.1, -0.05) is 97.1 Å². The van der Waals surface area contributed by atoms with Crippen LogP contribution >= 0.6 is 11.3 Å². The number of fused-ring (bicyclic) bond motifs is 11. The number of hydrogen-bond acceptors (Lipinski definition) is 1. The van der Waals surface area contributed by atoms with E-state index < -0.39 is 0 Å². The van der Waals surface area contributed by atoms with E-state index in [1.807, 2.05) is 11.3 Å². The van der Waals surface area contributed by atoms with Crippen molar-refractivity contribution in [2.45, 2.75) is 0 Å². The zero-order chi connectivity index (χ0) is 18.9. The molecular weight excluding hydrogens is 368 g/mol. The first kappa shape index (κ1) is 15.5. The lowest BCUT2D eigenvalue weighted by Crippen LogP contribution is -1.78. The molecule has 0 saturated carbocycles. The predicted molar refractivity (Wildman–Crippen MR) is 129 cm³/mol. The third-order valence-corrected chi connectivity index (χ3v) is 7.54. The summed E-state index contributed by atoms with van der Waals surface area (Å²) in [6.45, 7) is 0. The SMILES string of the molecule is c1ccc2c(c1)ccc1c2ccc2c3ccc4c5ccccc5ccc4c3sc12. The fourth-order valence-electron chi connectivity index (χ4n) is 4.87. The molecule has 7 rings (SSSR count). The summed E-state index contributed by atoms with van der Waals surface area (Å²) in [5.41, 5.74) is 0. The van der Waals surface area contributed by atoms with Gasteiger partial charge in [-0.3, -0.25) is 0 Å². The lowest BCUT2D eigenvalue weighted by molar-refractivity contribution is 1.80. The van der Waals surface area contributed by atoms with Crippen LogP contribution in [0.2, 0.25) is 0 Å². The Morgan fingerprint density at radius 3 is 1.21 bits per heavy atom. The molecule has 1 heteroatoms. The molecule has 1 heterocycles. The molecule has 0 aliphatic heterocycles. The van der Waals surface area contributed by atoms with E-state index in [1.165, 1.54) is 63.3 Å². The molecule has 0 saturated heterocycles. The summed E-state index contributed by atoms with van der Waals surface area (Å²) in [6.07, 6.45) is 0. The van der Waals surface area contributed by atoms with Crippen LogP contribution in [-0.2, 0) is 0 Å². The molecule has 29 heavy (non-hydrogen) atoms. The Morgan fingerprint density at radius 2 is 0.690 bits per heavy atom. The van der Waals surface area contributed by atoms with Crippen molar-refractivity contribution < 1.29 is 0 Å². The second-order valence-electron chi connectivity index (χ2n) is 7.75. The maximum atomic E-state index is 2.32. The molecule has 0 radical (unpaired) electrons. The summed E-state index contributed by atoms with van der Waals surface area (Å²) in [6, 6.07) is 35.7. The van der Waals surface area contributed by atoms with Gasteiger partial charge in [0.25, 0.3) is 0 Å². The van der Waals surface area contributed by atoms with Gasteiger partial charge < -0.3 is 0 Å². The molecular formula is C28H16S. The molecule has 0 atom stereocenters. The molecule has 0 unspecified atom stereocenters. The Labute approximate surface area is 171 Å². The Bertz CT molecular complexity index is 1620. The van der Waals surface area contributed by atoms with E-state index in [0.717, 1.165) is 0 Å². The quantitative estimate of drug-likeness (QED) is 0.229. The van der Waals surface area contributed by atoms with E-state index in [0.29, 0.717) is 0 Å². The van der Waals surface area contributed by atoms with Crippen LogP contribution in [0, 0.1) is 0 Å². The maximum absolute atomic E-state index is 2.32. The standard InChI is InChI=1S/C28H16S/c1-3-7-19-17(5-1)9-11-23-21(19)13-15-25-26-16-14-22-20-8-4-2-6-18(20)10-12-24(22)28(26)29-27(23)25/h1-16H. The summed E-state index contributed by atoms with van der Waals surface area (Å²) < 4.78 is 2.79. The van der Waals surface area contributed by atoms with E-state index in [2.05, 4.69) is 97.1 Å². The molecule has 0 spiro atoms. The molecule has 0 N–H and O–H groups in total. The fraction of sp³-hybridized carbons (Fsp3) is 0. The highest BCUT2D eigenvalue weighted by Crippen LogP contribution is 2.43. The normalized spacial score (nSPS) is 12.1. The first-order valence-electron chi connectivity index (χ1n) is 9.96. The number of benzene rings is 6. The molecule has 7 aromatic rings. The maximum Gasteiger partial charge on any atom is 0.0434 e. The van der Waals surface area contributed by atoms with Gasteiger partial charge in [0.05, 0.1) is 0 Å². The van der Waals surface area contributed by atoms with Gasteiger partial charge in [0, 0.05) is 30.9 Å². The van der Waals surface area contributed by atoms with Crippen LogP contribution < -0.4 is 0 Å². The lowest BCUT2D eigenvalue weighted by atomic mass is 9.98. The summed E-state index contributed by atoms with van der Waals surface area (Å²) in [5, 5.41) is 13.4. The minimum absolute atomic E-state index is 1.30. The average Bonchev–Trinajstić information content (AvgIpc) is 3.18. The second kappa shape index (κ2) is 5.56. The van der Waals surface area contributed by atoms with Crippen LogP contribution in [0.3, 0.4) is 0 Å². The minimum Gasteiger partial charge on any atom is -0.134 e. The molecule has 6 aromatic carbocycles. The molecule has 0 nitrogen and oxygen atoms in total. The van der Waals surface area contributed by atoms with Gasteiger partial charge in [0.15, 0.2) is 0 Å². The summed E-state index contributed by atoms with van der Waals surface area (Å²) in [4.78, 5) is 0. The van der Waals surface area contributed by atoms with Crippen molar-refractivity contribution in [2.24, 2.45) is 0 Å². The van der Waals surface area contributed by atoms with Crippen LogP contribution in [-0.4, -0.2) is 0 Å². The van der Waals surface area contributed by atoms with E-state index >= 15 is 0 Å². The molecule has 0 fully saturated rings. The Balaban J connectivity index is 1.68. The number of rotatable bonds is 0. The molecule has 0 aliphatic rings. The fourth-order valence-corrected chi connectivity index (χ4v) is 6.22. The van der Waals surface area contributed by atoms with E-state index in [9.17, 15) is 0 Å². The van der Waals surface area contributed by atoms with Crippen LogP contribution in [0.5, 0.6) is 0 Å². The topological polar surface area (TPSA) is 0 Å². The van der Waals surface area contributed by atoms with Crippen LogP contribution in [0.4, 0.5) is 0 Å². The molecule has 0 amide bonds. The van der Waals surface area contributed by atoms with Crippen molar-refractivity contribution in [1.82, 2.24) is 0 Å². The largest absolute Gasteiger partial charge is 0.134 e. The van der Waals surface area contributed by atoms with Crippen molar-refractivity contribution in [2.75, 3.05) is 0 Å². The Hall–Kier alpha value is -3.42. The highest BCUT2D eigenvalue weighted by molar-refractivity contribution is 7.27. The highest BCUT2D eigenvalue weighted by Gasteiger charge is 2.13. The third-order valence-electron chi connectivity index (χ3n) is 6.25. The van der Waals surface area contributed by atoms with Gasteiger partial charge in [0.2, 0.25) is 0 Å². The van der Waals surface area contributed by atoms with Gasteiger partial charge in [0.1, 0.15) is 0 Å². The van der Waals surface area contributed by atoms with Gasteiger partial charge in [-0.05, 0) is 32.3 Å². The van der Waals surface area contributed by atoms with Gasteiger partial charge in [-0.2, -0.15) is 0 Å². The van der Waals surface area contributed by atoms with E-state index in [4.69, 9.17) is 0 Å². The zero-order valence-electron chi connectivity index (χ0n) is 15.6. The first-order chi connectivity index (χ1) is 14.4. The van der Waals surface area contributed by atoms with Crippen molar-refractivity contribution in [1.29, 1.82) is 0 Å². The molecule has 1 aromatic heterocycles. The van der Waals surface area contributed by atoms with Gasteiger partial charge >= 0.3 is 0 Å². The molecule has 134 valence electrons. The van der Waals surface area contributed by atoms with Crippen molar-refractivity contribution in [3.63, 3.8) is 0 Å². The monoisotopic (exact) mass is 384 g/mol. The van der Waals surface area contributed by atoms with E-state index in [-0.39, 0.29) is 0 Å². The smallest absolute Gasteiger partial charge is 0.0434 e. The minimum atomic E-state index is 1.30. The summed E-state index contributed by atoms with van der Waals surface area (Å²) >= 11 is 1.94. The predicted octanol–water partition coefficient (Wildman–Crippen LogP) is 8.67. The third kappa shape index (κ3) is 2.03. The van der Waals surface area contributed by atoms with Crippen molar-refractivity contribution >= 4 is 74.6 Å². The van der Waals surface area contributed by atoms with Gasteiger partial charge in [-0.15, -0.1) is 11.3 Å². The van der Waals surface area contributed by atoms with Crippen LogP contribution in [0.25, 0.3) is 63.3 Å². The van der Waals surface area contributed by atoms with Crippen LogP contribution in [0.15, 0.2) is 97.1 Å².